The fourth-order valence-electron chi connectivity index (χ4n) is 2.63. The van der Waals surface area contributed by atoms with E-state index in [0.717, 1.165) is 12.8 Å². The highest BCUT2D eigenvalue weighted by atomic mass is 16.3. The van der Waals surface area contributed by atoms with E-state index >= 15 is 0 Å². The van der Waals surface area contributed by atoms with Gasteiger partial charge in [0.25, 0.3) is 0 Å². The van der Waals surface area contributed by atoms with Gasteiger partial charge >= 0.3 is 0 Å². The van der Waals surface area contributed by atoms with E-state index in [9.17, 15) is 9.90 Å². The van der Waals surface area contributed by atoms with Gasteiger partial charge in [0, 0.05) is 17.3 Å². The SMILES string of the molecule is O=C(/C=C(\O)c1ccccc1)c1cc2c([nH]1)CCCC2. The number of H-pyrrole nitrogens is 1. The van der Waals surface area contributed by atoms with E-state index in [1.807, 2.05) is 24.3 Å². The third-order valence-electron chi connectivity index (χ3n) is 3.72. The third kappa shape index (κ3) is 2.52. The van der Waals surface area contributed by atoms with Gasteiger partial charge in [-0.3, -0.25) is 4.79 Å². The summed E-state index contributed by atoms with van der Waals surface area (Å²) in [4.78, 5) is 15.4. The molecule has 0 spiro atoms. The van der Waals surface area contributed by atoms with Crippen molar-refractivity contribution < 1.29 is 9.90 Å². The summed E-state index contributed by atoms with van der Waals surface area (Å²) in [5.74, 6) is -0.177. The lowest BCUT2D eigenvalue weighted by Crippen LogP contribution is -2.00. The number of nitrogens with one attached hydrogen (secondary N) is 1. The molecule has 2 N–H and O–H groups in total. The fourth-order valence-corrected chi connectivity index (χ4v) is 2.63. The van der Waals surface area contributed by atoms with Crippen LogP contribution in [0, 0.1) is 0 Å². The zero-order valence-electron chi connectivity index (χ0n) is 11.2. The Morgan fingerprint density at radius 2 is 1.90 bits per heavy atom. The molecule has 1 aliphatic carbocycles. The largest absolute Gasteiger partial charge is 0.507 e. The predicted octanol–water partition coefficient (Wildman–Crippen LogP) is 3.68. The van der Waals surface area contributed by atoms with Crippen LogP contribution in [-0.2, 0) is 12.8 Å². The van der Waals surface area contributed by atoms with Gasteiger partial charge in [0.05, 0.1) is 5.69 Å². The fraction of sp³-hybridized carbons (Fsp3) is 0.235. The number of carbonyl (C=O) groups is 1. The van der Waals surface area contributed by atoms with Crippen molar-refractivity contribution in [2.75, 3.05) is 0 Å². The molecule has 3 rings (SSSR count). The van der Waals surface area contributed by atoms with Crippen molar-refractivity contribution in [2.24, 2.45) is 0 Å². The molecule has 3 nitrogen and oxygen atoms in total. The van der Waals surface area contributed by atoms with Crippen molar-refractivity contribution in [2.45, 2.75) is 25.7 Å². The van der Waals surface area contributed by atoms with Crippen LogP contribution in [0.25, 0.3) is 5.76 Å². The van der Waals surface area contributed by atoms with Crippen LogP contribution in [0.15, 0.2) is 42.5 Å². The molecule has 0 saturated carbocycles. The number of hydrogen-bond acceptors (Lipinski definition) is 2. The summed E-state index contributed by atoms with van der Waals surface area (Å²) in [5, 5.41) is 9.98. The van der Waals surface area contributed by atoms with E-state index in [1.165, 1.54) is 30.2 Å². The Hall–Kier alpha value is -2.29. The van der Waals surface area contributed by atoms with Crippen molar-refractivity contribution in [1.29, 1.82) is 0 Å². The third-order valence-corrected chi connectivity index (χ3v) is 3.72. The summed E-state index contributed by atoms with van der Waals surface area (Å²) in [7, 11) is 0. The first-order valence-electron chi connectivity index (χ1n) is 6.95. The smallest absolute Gasteiger partial charge is 0.205 e. The second-order valence-electron chi connectivity index (χ2n) is 5.15. The number of aliphatic hydroxyl groups is 1. The molecule has 1 heterocycles. The summed E-state index contributed by atoms with van der Waals surface area (Å²) >= 11 is 0. The van der Waals surface area contributed by atoms with E-state index in [4.69, 9.17) is 0 Å². The minimum absolute atomic E-state index is 0.00294. The van der Waals surface area contributed by atoms with Crippen molar-refractivity contribution in [3.8, 4) is 0 Å². The number of aliphatic hydroxyl groups excluding tert-OH is 1. The van der Waals surface area contributed by atoms with Crippen molar-refractivity contribution in [3.05, 3.63) is 65.0 Å². The first kappa shape index (κ1) is 12.7. The van der Waals surface area contributed by atoms with Gasteiger partial charge in [-0.15, -0.1) is 0 Å². The Bertz CT molecular complexity index is 629. The highest BCUT2D eigenvalue weighted by Gasteiger charge is 2.15. The number of ketones is 1. The van der Waals surface area contributed by atoms with Crippen LogP contribution in [0.3, 0.4) is 0 Å². The van der Waals surface area contributed by atoms with Crippen molar-refractivity contribution in [3.63, 3.8) is 0 Å². The first-order chi connectivity index (χ1) is 9.74. The molecule has 1 aromatic carbocycles. The Balaban J connectivity index is 1.84. The van der Waals surface area contributed by atoms with Crippen LogP contribution in [0.1, 0.15) is 40.2 Å². The maximum Gasteiger partial charge on any atom is 0.205 e. The van der Waals surface area contributed by atoms with E-state index in [0.29, 0.717) is 11.3 Å². The summed E-state index contributed by atoms with van der Waals surface area (Å²) in [6.07, 6.45) is 5.69. The van der Waals surface area contributed by atoms with Gasteiger partial charge in [0.15, 0.2) is 0 Å². The number of carbonyl (C=O) groups excluding carboxylic acids is 1. The van der Waals surface area contributed by atoms with Gasteiger partial charge in [0.1, 0.15) is 5.76 Å². The van der Waals surface area contributed by atoms with Crippen LogP contribution in [0.5, 0.6) is 0 Å². The van der Waals surface area contributed by atoms with Crippen LogP contribution >= 0.6 is 0 Å². The van der Waals surface area contributed by atoms with Gasteiger partial charge < -0.3 is 10.1 Å². The lowest BCUT2D eigenvalue weighted by molar-refractivity contribution is 0.104. The van der Waals surface area contributed by atoms with E-state index in [2.05, 4.69) is 4.98 Å². The topological polar surface area (TPSA) is 53.1 Å². The molecule has 0 fully saturated rings. The Kier molecular flexibility index (Phi) is 3.42. The van der Waals surface area contributed by atoms with Crippen LogP contribution in [0.2, 0.25) is 0 Å². The Morgan fingerprint density at radius 1 is 1.15 bits per heavy atom. The van der Waals surface area contributed by atoms with Gasteiger partial charge in [-0.2, -0.15) is 0 Å². The molecule has 20 heavy (non-hydrogen) atoms. The molecule has 3 heteroatoms. The van der Waals surface area contributed by atoms with Crippen molar-refractivity contribution in [1.82, 2.24) is 4.98 Å². The maximum atomic E-state index is 12.2. The van der Waals surface area contributed by atoms with Gasteiger partial charge in [-0.05, 0) is 37.3 Å². The van der Waals surface area contributed by atoms with Gasteiger partial charge in [0.2, 0.25) is 5.78 Å². The average Bonchev–Trinajstić information content (AvgIpc) is 2.92. The Labute approximate surface area is 118 Å². The maximum absolute atomic E-state index is 12.2. The molecule has 0 bridgehead atoms. The number of aromatic amines is 1. The second kappa shape index (κ2) is 5.37. The summed E-state index contributed by atoms with van der Waals surface area (Å²) in [6.45, 7) is 0. The molecule has 1 aromatic heterocycles. The van der Waals surface area contributed by atoms with Crippen LogP contribution in [-0.4, -0.2) is 15.9 Å². The zero-order chi connectivity index (χ0) is 13.9. The number of aryl methyl sites for hydroxylation is 2. The lowest BCUT2D eigenvalue weighted by Gasteiger charge is -2.08. The average molecular weight is 267 g/mol. The molecule has 0 radical (unpaired) electrons. The minimum Gasteiger partial charge on any atom is -0.507 e. The standard InChI is InChI=1S/C17H17NO2/c19-16(12-6-2-1-3-7-12)11-17(20)15-10-13-8-4-5-9-14(13)18-15/h1-3,6-7,10-11,18-19H,4-5,8-9H2/b16-11-. The molecule has 102 valence electrons. The second-order valence-corrected chi connectivity index (χ2v) is 5.15. The molecule has 0 aliphatic heterocycles. The molecule has 0 amide bonds. The number of hydrogen-bond donors (Lipinski definition) is 2. The molecule has 2 aromatic rings. The number of fused-ring (bicyclic) bond motifs is 1. The highest BCUT2D eigenvalue weighted by molar-refractivity contribution is 6.06. The molecule has 0 saturated heterocycles. The van der Waals surface area contributed by atoms with Crippen molar-refractivity contribution >= 4 is 11.5 Å². The molecule has 0 unspecified atom stereocenters. The van der Waals surface area contributed by atoms with E-state index in [-0.39, 0.29) is 11.5 Å². The van der Waals surface area contributed by atoms with Gasteiger partial charge in [-0.25, -0.2) is 0 Å². The summed E-state index contributed by atoms with van der Waals surface area (Å²) < 4.78 is 0. The number of benzene rings is 1. The quantitative estimate of drug-likeness (QED) is 0.506. The monoisotopic (exact) mass is 267 g/mol. The van der Waals surface area contributed by atoms with Crippen LogP contribution in [0.4, 0.5) is 0 Å². The number of allylic oxidation sites excluding steroid dienone is 1. The number of rotatable bonds is 3. The molecule has 0 atom stereocenters. The summed E-state index contributed by atoms with van der Waals surface area (Å²) in [5.41, 5.74) is 3.64. The van der Waals surface area contributed by atoms with Crippen LogP contribution < -0.4 is 0 Å². The molecule has 1 aliphatic rings. The lowest BCUT2D eigenvalue weighted by atomic mass is 9.98. The number of aromatic nitrogens is 1. The normalized spacial score (nSPS) is 14.9. The zero-order valence-corrected chi connectivity index (χ0v) is 11.2. The first-order valence-corrected chi connectivity index (χ1v) is 6.95. The molecular formula is C17H17NO2. The molecular weight excluding hydrogens is 250 g/mol. The predicted molar refractivity (Wildman–Crippen MR) is 78.8 cm³/mol. The highest BCUT2D eigenvalue weighted by Crippen LogP contribution is 2.22. The van der Waals surface area contributed by atoms with E-state index < -0.39 is 0 Å². The van der Waals surface area contributed by atoms with E-state index in [1.54, 1.807) is 12.1 Å². The minimum atomic E-state index is -0.180. The summed E-state index contributed by atoms with van der Waals surface area (Å²) in [6, 6.07) is 11.0. The Morgan fingerprint density at radius 3 is 2.65 bits per heavy atom. The van der Waals surface area contributed by atoms with Gasteiger partial charge in [-0.1, -0.05) is 30.3 Å².